The molecule has 0 aliphatic heterocycles. The number of pyridine rings is 1. The maximum atomic E-state index is 13.8. The van der Waals surface area contributed by atoms with Crippen LogP contribution in [0, 0.1) is 5.82 Å². The van der Waals surface area contributed by atoms with Gasteiger partial charge in [-0.2, -0.15) is 0 Å². The minimum atomic E-state index is -0.707. The number of aromatic nitrogens is 2. The first-order valence-corrected chi connectivity index (χ1v) is 6.27. The Morgan fingerprint density at radius 1 is 1.58 bits per heavy atom. The number of anilines is 1. The Morgan fingerprint density at radius 3 is 3.00 bits per heavy atom. The van der Waals surface area contributed by atoms with Crippen molar-refractivity contribution >= 4 is 23.1 Å². The highest BCUT2D eigenvalue weighted by Gasteiger charge is 2.15. The number of nitrogens with one attached hydrogen (secondary N) is 3. The number of carbonyl (C=O) groups is 1. The van der Waals surface area contributed by atoms with Crippen LogP contribution in [-0.4, -0.2) is 22.9 Å². The normalized spacial score (nSPS) is 10.2. The van der Waals surface area contributed by atoms with E-state index in [0.29, 0.717) is 5.69 Å². The zero-order valence-corrected chi connectivity index (χ0v) is 10.8. The maximum Gasteiger partial charge on any atom is 0.304 e. The standard InChI is InChI=1S/C11H11FN4O2S/c1-13-9-8(12)7(2-3-14-9)10(17)15-4-6-5-19-11(18)16-6/h2-3,5H,4H2,1H3,(H,13,14)(H,15,17)(H,16,18). The second kappa shape index (κ2) is 5.61. The second-order valence-electron chi connectivity index (χ2n) is 3.63. The molecular formula is C11H11FN4O2S. The molecule has 1 amide bonds. The Bertz CT molecular complexity index is 652. The number of carbonyl (C=O) groups excluding carboxylic acids is 1. The molecule has 0 unspecified atom stereocenters. The maximum absolute atomic E-state index is 13.8. The zero-order valence-electron chi connectivity index (χ0n) is 9.99. The lowest BCUT2D eigenvalue weighted by atomic mass is 10.2. The molecule has 2 rings (SSSR count). The van der Waals surface area contributed by atoms with E-state index < -0.39 is 11.7 Å². The van der Waals surface area contributed by atoms with Crippen molar-refractivity contribution in [1.82, 2.24) is 15.3 Å². The van der Waals surface area contributed by atoms with Crippen LogP contribution < -0.4 is 15.5 Å². The number of H-pyrrole nitrogens is 1. The van der Waals surface area contributed by atoms with Gasteiger partial charge in [-0.05, 0) is 6.07 Å². The number of amides is 1. The van der Waals surface area contributed by atoms with Crippen LogP contribution >= 0.6 is 11.3 Å². The van der Waals surface area contributed by atoms with Crippen LogP contribution in [0.3, 0.4) is 0 Å². The van der Waals surface area contributed by atoms with Crippen molar-refractivity contribution in [2.24, 2.45) is 0 Å². The molecule has 0 fully saturated rings. The molecule has 6 nitrogen and oxygen atoms in total. The van der Waals surface area contributed by atoms with E-state index in [0.717, 1.165) is 11.3 Å². The summed E-state index contributed by atoms with van der Waals surface area (Å²) in [5, 5.41) is 6.68. The number of aromatic amines is 1. The summed E-state index contributed by atoms with van der Waals surface area (Å²) in [5.74, 6) is -1.26. The van der Waals surface area contributed by atoms with E-state index in [-0.39, 0.29) is 22.8 Å². The lowest BCUT2D eigenvalue weighted by Gasteiger charge is -2.07. The summed E-state index contributed by atoms with van der Waals surface area (Å²) in [6, 6.07) is 1.29. The molecule has 8 heteroatoms. The number of halogens is 1. The molecular weight excluding hydrogens is 271 g/mol. The quantitative estimate of drug-likeness (QED) is 0.779. The Hall–Kier alpha value is -2.22. The summed E-state index contributed by atoms with van der Waals surface area (Å²) in [6.45, 7) is 0.133. The van der Waals surface area contributed by atoms with Crippen molar-refractivity contribution in [3.8, 4) is 0 Å². The molecule has 0 aliphatic carbocycles. The highest BCUT2D eigenvalue weighted by molar-refractivity contribution is 7.07. The van der Waals surface area contributed by atoms with E-state index in [4.69, 9.17) is 0 Å². The number of hydrogen-bond acceptors (Lipinski definition) is 5. The molecule has 0 saturated heterocycles. The molecule has 0 spiro atoms. The fourth-order valence-electron chi connectivity index (χ4n) is 1.46. The molecule has 100 valence electrons. The molecule has 0 bridgehead atoms. The first-order valence-electron chi connectivity index (χ1n) is 5.39. The first-order chi connectivity index (χ1) is 9.11. The van der Waals surface area contributed by atoms with Gasteiger partial charge in [-0.25, -0.2) is 9.37 Å². The van der Waals surface area contributed by atoms with Crippen molar-refractivity contribution in [2.45, 2.75) is 6.54 Å². The molecule has 3 N–H and O–H groups in total. The summed E-state index contributed by atoms with van der Waals surface area (Å²) in [4.78, 5) is 28.8. The van der Waals surface area contributed by atoms with E-state index in [9.17, 15) is 14.0 Å². The van der Waals surface area contributed by atoms with Gasteiger partial charge in [0.05, 0.1) is 12.1 Å². The average molecular weight is 282 g/mol. The van der Waals surface area contributed by atoms with E-state index >= 15 is 0 Å². The summed E-state index contributed by atoms with van der Waals surface area (Å²) < 4.78 is 13.8. The summed E-state index contributed by atoms with van der Waals surface area (Å²) >= 11 is 1.00. The summed E-state index contributed by atoms with van der Waals surface area (Å²) in [6.07, 6.45) is 1.34. The van der Waals surface area contributed by atoms with Crippen molar-refractivity contribution in [3.63, 3.8) is 0 Å². The minimum absolute atomic E-state index is 0.0107. The van der Waals surface area contributed by atoms with E-state index in [1.807, 2.05) is 0 Å². The van der Waals surface area contributed by atoms with Crippen LogP contribution in [0.4, 0.5) is 10.2 Å². The van der Waals surface area contributed by atoms with Gasteiger partial charge in [-0.1, -0.05) is 11.3 Å². The Balaban J connectivity index is 2.10. The lowest BCUT2D eigenvalue weighted by molar-refractivity contribution is 0.0946. The zero-order chi connectivity index (χ0) is 13.8. The Labute approximate surface area is 111 Å². The van der Waals surface area contributed by atoms with Crippen molar-refractivity contribution in [1.29, 1.82) is 0 Å². The molecule has 0 aromatic carbocycles. The third-order valence-corrected chi connectivity index (χ3v) is 3.10. The number of thiazole rings is 1. The van der Waals surface area contributed by atoms with Gasteiger partial charge in [0.25, 0.3) is 5.91 Å². The van der Waals surface area contributed by atoms with Crippen LogP contribution in [0.5, 0.6) is 0 Å². The first kappa shape index (κ1) is 13.2. The van der Waals surface area contributed by atoms with Gasteiger partial charge in [0.15, 0.2) is 11.6 Å². The summed E-state index contributed by atoms with van der Waals surface area (Å²) in [5.41, 5.74) is 0.476. The van der Waals surface area contributed by atoms with Crippen LogP contribution in [0.15, 0.2) is 22.4 Å². The minimum Gasteiger partial charge on any atom is -0.371 e. The summed E-state index contributed by atoms with van der Waals surface area (Å²) in [7, 11) is 1.52. The molecule has 0 atom stereocenters. The molecule has 2 aromatic rings. The predicted molar refractivity (Wildman–Crippen MR) is 69.9 cm³/mol. The van der Waals surface area contributed by atoms with Gasteiger partial charge < -0.3 is 15.6 Å². The monoisotopic (exact) mass is 282 g/mol. The van der Waals surface area contributed by atoms with E-state index in [2.05, 4.69) is 20.6 Å². The lowest BCUT2D eigenvalue weighted by Crippen LogP contribution is -2.24. The number of hydrogen-bond donors (Lipinski definition) is 3. The third-order valence-electron chi connectivity index (χ3n) is 2.38. The SMILES string of the molecule is CNc1nccc(C(=O)NCc2csc(=O)[nH]2)c1F. The van der Waals surface area contributed by atoms with Gasteiger partial charge in [0, 0.05) is 24.3 Å². The van der Waals surface area contributed by atoms with Gasteiger partial charge in [0.1, 0.15) is 0 Å². The highest BCUT2D eigenvalue weighted by Crippen LogP contribution is 2.14. The predicted octanol–water partition coefficient (Wildman–Crippen LogP) is 0.942. The van der Waals surface area contributed by atoms with Crippen LogP contribution in [0.25, 0.3) is 0 Å². The number of rotatable bonds is 4. The van der Waals surface area contributed by atoms with Crippen molar-refractivity contribution in [2.75, 3.05) is 12.4 Å². The van der Waals surface area contributed by atoms with Crippen molar-refractivity contribution < 1.29 is 9.18 Å². The average Bonchev–Trinajstić information content (AvgIpc) is 2.82. The van der Waals surface area contributed by atoms with Gasteiger partial charge >= 0.3 is 4.87 Å². The second-order valence-corrected chi connectivity index (χ2v) is 4.47. The van der Waals surface area contributed by atoms with Crippen LogP contribution in [-0.2, 0) is 6.54 Å². The molecule has 2 aromatic heterocycles. The molecule has 0 radical (unpaired) electrons. The number of nitrogens with zero attached hydrogens (tertiary/aromatic N) is 1. The van der Waals surface area contributed by atoms with E-state index in [1.54, 1.807) is 5.38 Å². The molecule has 2 heterocycles. The third kappa shape index (κ3) is 2.97. The van der Waals surface area contributed by atoms with Gasteiger partial charge in [-0.15, -0.1) is 0 Å². The fourth-order valence-corrected chi connectivity index (χ4v) is 2.05. The van der Waals surface area contributed by atoms with Crippen LogP contribution in [0.2, 0.25) is 0 Å². The van der Waals surface area contributed by atoms with Crippen LogP contribution in [0.1, 0.15) is 16.1 Å². The van der Waals surface area contributed by atoms with Gasteiger partial charge in [-0.3, -0.25) is 9.59 Å². The molecule has 19 heavy (non-hydrogen) atoms. The smallest absolute Gasteiger partial charge is 0.304 e. The molecule has 0 saturated carbocycles. The highest BCUT2D eigenvalue weighted by atomic mass is 32.1. The topological polar surface area (TPSA) is 86.9 Å². The Morgan fingerprint density at radius 2 is 2.37 bits per heavy atom. The molecule has 0 aliphatic rings. The fraction of sp³-hybridized carbons (Fsp3) is 0.182. The largest absolute Gasteiger partial charge is 0.371 e. The van der Waals surface area contributed by atoms with Gasteiger partial charge in [0.2, 0.25) is 0 Å². The van der Waals surface area contributed by atoms with E-state index in [1.165, 1.54) is 19.3 Å². The van der Waals surface area contributed by atoms with Crippen molar-refractivity contribution in [3.05, 3.63) is 44.4 Å². The Kier molecular flexibility index (Phi) is 3.91.